The number of amides is 3. The Kier molecular flexibility index (Phi) is 6.36. The molecule has 2 aliphatic rings. The second kappa shape index (κ2) is 9.07. The van der Waals surface area contributed by atoms with E-state index in [9.17, 15) is 22.8 Å². The minimum Gasteiger partial charge on any atom is -0.338 e. The maximum atomic E-state index is 13.4. The second-order valence-corrected chi connectivity index (χ2v) is 10.6. The molecule has 174 valence electrons. The van der Waals surface area contributed by atoms with Crippen molar-refractivity contribution in [3.8, 4) is 0 Å². The Bertz CT molecular complexity index is 1140. The zero-order valence-corrected chi connectivity index (χ0v) is 19.5. The number of nitrogens with zero attached hydrogens (tertiary/aromatic N) is 3. The average molecular weight is 470 g/mol. The minimum absolute atomic E-state index is 0.0918. The predicted octanol–water partition coefficient (Wildman–Crippen LogP) is 1.98. The summed E-state index contributed by atoms with van der Waals surface area (Å²) in [7, 11) is -3.51. The number of carbonyl (C=O) groups is 3. The number of fused-ring (bicyclic) bond motifs is 1. The fourth-order valence-corrected chi connectivity index (χ4v) is 5.92. The lowest BCUT2D eigenvalue weighted by Crippen LogP contribution is -2.58. The Morgan fingerprint density at radius 1 is 0.848 bits per heavy atom. The van der Waals surface area contributed by atoms with Crippen LogP contribution in [0.2, 0.25) is 0 Å². The summed E-state index contributed by atoms with van der Waals surface area (Å²) < 4.78 is 27.0. The van der Waals surface area contributed by atoms with Crippen molar-refractivity contribution in [1.29, 1.82) is 0 Å². The van der Waals surface area contributed by atoms with Crippen LogP contribution in [0, 0.1) is 5.92 Å². The monoisotopic (exact) mass is 469 g/mol. The van der Waals surface area contributed by atoms with Gasteiger partial charge in [0.1, 0.15) is 6.04 Å². The molecule has 0 bridgehead atoms. The molecule has 0 N–H and O–H groups in total. The highest BCUT2D eigenvalue weighted by atomic mass is 32.2. The highest BCUT2D eigenvalue weighted by Crippen LogP contribution is 2.28. The molecule has 2 aromatic rings. The summed E-state index contributed by atoms with van der Waals surface area (Å²) >= 11 is 0. The van der Waals surface area contributed by atoms with Crippen LogP contribution in [0.4, 0.5) is 0 Å². The van der Waals surface area contributed by atoms with Gasteiger partial charge in [0.2, 0.25) is 15.9 Å². The highest BCUT2D eigenvalue weighted by Gasteiger charge is 2.45. The number of hydrogen-bond donors (Lipinski definition) is 0. The Labute approximate surface area is 193 Å². The lowest BCUT2D eigenvalue weighted by molar-refractivity contribution is -0.138. The smallest absolute Gasteiger partial charge is 0.262 e. The first-order valence-corrected chi connectivity index (χ1v) is 12.6. The standard InChI is InChI=1S/C24H27N3O5S/c1-17(2)21(27-22(28)19-10-6-7-11-20(19)23(27)29)24(30)25-12-14-26(15-13-25)33(31,32)16-18-8-4-3-5-9-18/h3-11,17,21H,12-16H2,1-2H3. The summed E-state index contributed by atoms with van der Waals surface area (Å²) in [4.78, 5) is 41.9. The molecule has 2 aromatic carbocycles. The Morgan fingerprint density at radius 2 is 1.36 bits per heavy atom. The molecule has 1 unspecified atom stereocenters. The SMILES string of the molecule is CC(C)C(C(=O)N1CCN(S(=O)(=O)Cc2ccccc2)CC1)N1C(=O)c2ccccc2C1=O. The summed E-state index contributed by atoms with van der Waals surface area (Å²) in [6.07, 6.45) is 0. The molecule has 1 atom stereocenters. The van der Waals surface area contributed by atoms with Crippen LogP contribution in [0.3, 0.4) is 0 Å². The molecule has 3 amide bonds. The number of carbonyl (C=O) groups excluding carboxylic acids is 3. The summed E-state index contributed by atoms with van der Waals surface area (Å²) in [5.74, 6) is -1.65. The van der Waals surface area contributed by atoms with E-state index < -0.39 is 27.9 Å². The zero-order chi connectivity index (χ0) is 23.8. The van der Waals surface area contributed by atoms with E-state index in [0.29, 0.717) is 16.7 Å². The van der Waals surface area contributed by atoms with Crippen molar-refractivity contribution >= 4 is 27.7 Å². The van der Waals surface area contributed by atoms with Crippen molar-refractivity contribution in [1.82, 2.24) is 14.1 Å². The van der Waals surface area contributed by atoms with Gasteiger partial charge in [0, 0.05) is 26.2 Å². The quantitative estimate of drug-likeness (QED) is 0.603. The predicted molar refractivity (Wildman–Crippen MR) is 123 cm³/mol. The van der Waals surface area contributed by atoms with E-state index in [0.717, 1.165) is 4.90 Å². The number of sulfonamides is 1. The van der Waals surface area contributed by atoms with Crippen LogP contribution in [-0.2, 0) is 20.6 Å². The van der Waals surface area contributed by atoms with E-state index in [1.807, 2.05) is 6.07 Å². The number of rotatable bonds is 6. The molecule has 0 aliphatic carbocycles. The van der Waals surface area contributed by atoms with Gasteiger partial charge in [-0.05, 0) is 23.6 Å². The molecule has 33 heavy (non-hydrogen) atoms. The molecule has 0 aromatic heterocycles. The normalized spacial score (nSPS) is 18.0. The van der Waals surface area contributed by atoms with Crippen LogP contribution >= 0.6 is 0 Å². The van der Waals surface area contributed by atoms with Gasteiger partial charge in [-0.25, -0.2) is 8.42 Å². The lowest BCUT2D eigenvalue weighted by Gasteiger charge is -2.38. The largest absolute Gasteiger partial charge is 0.338 e. The maximum Gasteiger partial charge on any atom is 0.262 e. The number of imide groups is 1. The van der Waals surface area contributed by atoms with Crippen molar-refractivity contribution in [3.05, 3.63) is 71.3 Å². The molecular formula is C24H27N3O5S. The van der Waals surface area contributed by atoms with Gasteiger partial charge in [0.25, 0.3) is 11.8 Å². The van der Waals surface area contributed by atoms with Crippen molar-refractivity contribution in [3.63, 3.8) is 0 Å². The van der Waals surface area contributed by atoms with E-state index in [-0.39, 0.29) is 43.8 Å². The van der Waals surface area contributed by atoms with Crippen LogP contribution in [0.1, 0.15) is 40.1 Å². The van der Waals surface area contributed by atoms with Gasteiger partial charge < -0.3 is 4.90 Å². The number of benzene rings is 2. The first-order valence-electron chi connectivity index (χ1n) is 11.0. The summed E-state index contributed by atoms with van der Waals surface area (Å²) in [6, 6.07) is 14.6. The van der Waals surface area contributed by atoms with Crippen molar-refractivity contribution in [2.45, 2.75) is 25.6 Å². The third kappa shape index (κ3) is 4.43. The molecule has 9 heteroatoms. The fraction of sp³-hybridized carbons (Fsp3) is 0.375. The Hall–Kier alpha value is -3.04. The van der Waals surface area contributed by atoms with Gasteiger partial charge in [0.05, 0.1) is 16.9 Å². The van der Waals surface area contributed by atoms with E-state index in [2.05, 4.69) is 0 Å². The number of piperazine rings is 1. The van der Waals surface area contributed by atoms with E-state index >= 15 is 0 Å². The van der Waals surface area contributed by atoms with Crippen LogP contribution in [0.25, 0.3) is 0 Å². The molecule has 0 radical (unpaired) electrons. The average Bonchev–Trinajstić information content (AvgIpc) is 3.05. The molecule has 8 nitrogen and oxygen atoms in total. The molecule has 1 saturated heterocycles. The first-order chi connectivity index (χ1) is 15.7. The fourth-order valence-electron chi connectivity index (χ4n) is 4.40. The first kappa shape index (κ1) is 23.1. The van der Waals surface area contributed by atoms with Gasteiger partial charge in [-0.3, -0.25) is 19.3 Å². The number of hydrogen-bond acceptors (Lipinski definition) is 5. The lowest BCUT2D eigenvalue weighted by atomic mass is 10.0. The molecule has 1 fully saturated rings. The molecule has 0 spiro atoms. The molecular weight excluding hydrogens is 442 g/mol. The summed E-state index contributed by atoms with van der Waals surface area (Å²) in [5, 5.41) is 0. The van der Waals surface area contributed by atoms with E-state index in [4.69, 9.17) is 0 Å². The van der Waals surface area contributed by atoms with Crippen LogP contribution in [0.5, 0.6) is 0 Å². The van der Waals surface area contributed by atoms with Gasteiger partial charge >= 0.3 is 0 Å². The Morgan fingerprint density at radius 3 is 1.88 bits per heavy atom. The Balaban J connectivity index is 1.46. The molecule has 2 heterocycles. The molecule has 2 aliphatic heterocycles. The van der Waals surface area contributed by atoms with Gasteiger partial charge in [-0.15, -0.1) is 0 Å². The van der Waals surface area contributed by atoms with Gasteiger partial charge in [-0.2, -0.15) is 4.31 Å². The third-order valence-electron chi connectivity index (χ3n) is 6.12. The van der Waals surface area contributed by atoms with Crippen molar-refractivity contribution < 1.29 is 22.8 Å². The highest BCUT2D eigenvalue weighted by molar-refractivity contribution is 7.88. The van der Waals surface area contributed by atoms with Crippen LogP contribution in [-0.4, -0.2) is 72.5 Å². The van der Waals surface area contributed by atoms with E-state index in [1.165, 1.54) is 4.31 Å². The van der Waals surface area contributed by atoms with Crippen LogP contribution in [0.15, 0.2) is 54.6 Å². The van der Waals surface area contributed by atoms with E-state index in [1.54, 1.807) is 67.3 Å². The molecule has 0 saturated carbocycles. The van der Waals surface area contributed by atoms with Crippen LogP contribution < -0.4 is 0 Å². The third-order valence-corrected chi connectivity index (χ3v) is 7.97. The maximum absolute atomic E-state index is 13.4. The van der Waals surface area contributed by atoms with Crippen molar-refractivity contribution in [2.75, 3.05) is 26.2 Å². The van der Waals surface area contributed by atoms with Gasteiger partial charge in [-0.1, -0.05) is 56.3 Å². The topological polar surface area (TPSA) is 95.1 Å². The van der Waals surface area contributed by atoms with Crippen molar-refractivity contribution in [2.24, 2.45) is 5.92 Å². The zero-order valence-electron chi connectivity index (χ0n) is 18.7. The molecule has 4 rings (SSSR count). The van der Waals surface area contributed by atoms with Gasteiger partial charge in [0.15, 0.2) is 0 Å². The summed E-state index contributed by atoms with van der Waals surface area (Å²) in [5.41, 5.74) is 1.32. The minimum atomic E-state index is -3.51. The second-order valence-electron chi connectivity index (χ2n) is 8.68. The summed E-state index contributed by atoms with van der Waals surface area (Å²) in [6.45, 7) is 4.36.